The highest BCUT2D eigenvalue weighted by atomic mass is 32.1. The average Bonchev–Trinajstić information content (AvgIpc) is 3.35. The summed E-state index contributed by atoms with van der Waals surface area (Å²) in [5.41, 5.74) is 6.12. The molecular weight excluding hydrogens is 436 g/mol. The zero-order chi connectivity index (χ0) is 23.4. The normalized spacial score (nSPS) is 14.2. The number of carbonyl (C=O) groups is 2. The van der Waals surface area contributed by atoms with Crippen molar-refractivity contribution in [1.82, 2.24) is 9.88 Å². The lowest BCUT2D eigenvalue weighted by atomic mass is 9.87. The number of thiazole rings is 1. The molecule has 0 spiro atoms. The first-order chi connectivity index (χ1) is 16.0. The van der Waals surface area contributed by atoms with Crippen molar-refractivity contribution in [3.05, 3.63) is 75.2 Å². The zero-order valence-electron chi connectivity index (χ0n) is 19.2. The SMILES string of the molecule is COc1cc(C(=O)N2CCC(C(=O)c3ccc(C)cc3C)CC2)ccc1OCc1cscn1. The van der Waals surface area contributed by atoms with Crippen molar-refractivity contribution < 1.29 is 19.1 Å². The predicted octanol–water partition coefficient (Wildman–Crippen LogP) is 5.08. The van der Waals surface area contributed by atoms with Crippen LogP contribution in [0.15, 0.2) is 47.3 Å². The summed E-state index contributed by atoms with van der Waals surface area (Å²) < 4.78 is 11.3. The summed E-state index contributed by atoms with van der Waals surface area (Å²) in [4.78, 5) is 32.1. The fourth-order valence-corrected chi connectivity index (χ4v) is 4.76. The largest absolute Gasteiger partial charge is 0.493 e. The van der Waals surface area contributed by atoms with Gasteiger partial charge in [0.2, 0.25) is 0 Å². The summed E-state index contributed by atoms with van der Waals surface area (Å²) in [5.74, 6) is 1.15. The second kappa shape index (κ2) is 10.2. The number of piperidine rings is 1. The van der Waals surface area contributed by atoms with E-state index in [9.17, 15) is 9.59 Å². The average molecular weight is 465 g/mol. The number of nitrogens with zero attached hydrogens (tertiary/aromatic N) is 2. The van der Waals surface area contributed by atoms with Crippen molar-refractivity contribution in [2.45, 2.75) is 33.3 Å². The molecule has 33 heavy (non-hydrogen) atoms. The molecule has 4 rings (SSSR count). The topological polar surface area (TPSA) is 68.7 Å². The van der Waals surface area contributed by atoms with Gasteiger partial charge in [-0.1, -0.05) is 23.8 Å². The van der Waals surface area contributed by atoms with Gasteiger partial charge in [0.05, 0.1) is 18.3 Å². The van der Waals surface area contributed by atoms with Gasteiger partial charge < -0.3 is 14.4 Å². The summed E-state index contributed by atoms with van der Waals surface area (Å²) in [6.07, 6.45) is 1.34. The van der Waals surface area contributed by atoms with E-state index in [0.29, 0.717) is 49.6 Å². The van der Waals surface area contributed by atoms with Crippen LogP contribution < -0.4 is 9.47 Å². The molecule has 0 saturated carbocycles. The van der Waals surface area contributed by atoms with Crippen LogP contribution in [0.4, 0.5) is 0 Å². The van der Waals surface area contributed by atoms with Crippen LogP contribution in [0.3, 0.4) is 0 Å². The number of Topliss-reactive ketones (excluding diaryl/α,β-unsaturated/α-hetero) is 1. The van der Waals surface area contributed by atoms with E-state index in [2.05, 4.69) is 4.98 Å². The number of hydrogen-bond acceptors (Lipinski definition) is 6. The maximum atomic E-state index is 13.1. The minimum atomic E-state index is -0.0585. The number of carbonyl (C=O) groups excluding carboxylic acids is 2. The van der Waals surface area contributed by atoms with Crippen molar-refractivity contribution in [1.29, 1.82) is 0 Å². The molecule has 3 aromatic rings. The smallest absolute Gasteiger partial charge is 0.253 e. The molecule has 1 aromatic heterocycles. The zero-order valence-corrected chi connectivity index (χ0v) is 20.0. The van der Waals surface area contributed by atoms with Gasteiger partial charge in [0, 0.05) is 35.5 Å². The Labute approximate surface area is 198 Å². The van der Waals surface area contributed by atoms with E-state index in [-0.39, 0.29) is 17.6 Å². The molecule has 1 saturated heterocycles. The second-order valence-electron chi connectivity index (χ2n) is 8.38. The Bertz CT molecular complexity index is 1140. The summed E-state index contributed by atoms with van der Waals surface area (Å²) in [7, 11) is 1.56. The van der Waals surface area contributed by atoms with Crippen LogP contribution in [0.5, 0.6) is 11.5 Å². The van der Waals surface area contributed by atoms with E-state index in [1.165, 1.54) is 11.3 Å². The number of ketones is 1. The van der Waals surface area contributed by atoms with E-state index < -0.39 is 0 Å². The molecule has 0 bridgehead atoms. The Morgan fingerprint density at radius 3 is 2.55 bits per heavy atom. The van der Waals surface area contributed by atoms with Gasteiger partial charge in [-0.25, -0.2) is 4.98 Å². The maximum Gasteiger partial charge on any atom is 0.253 e. The predicted molar refractivity (Wildman–Crippen MR) is 128 cm³/mol. The van der Waals surface area contributed by atoms with Crippen molar-refractivity contribution in [3.63, 3.8) is 0 Å². The summed E-state index contributed by atoms with van der Waals surface area (Å²) in [6, 6.07) is 11.2. The Morgan fingerprint density at radius 1 is 1.09 bits per heavy atom. The van der Waals surface area contributed by atoms with Crippen molar-refractivity contribution in [2.24, 2.45) is 5.92 Å². The molecule has 1 fully saturated rings. The molecule has 0 aliphatic carbocycles. The molecule has 6 nitrogen and oxygen atoms in total. The first kappa shape index (κ1) is 23.0. The Morgan fingerprint density at radius 2 is 1.88 bits per heavy atom. The third-order valence-corrected chi connectivity index (χ3v) is 6.71. The summed E-state index contributed by atoms with van der Waals surface area (Å²) in [5, 5.41) is 1.93. The molecule has 1 aliphatic rings. The number of aromatic nitrogens is 1. The monoisotopic (exact) mass is 464 g/mol. The van der Waals surface area contributed by atoms with Gasteiger partial charge in [-0.2, -0.15) is 0 Å². The third-order valence-electron chi connectivity index (χ3n) is 6.07. The molecule has 0 N–H and O–H groups in total. The number of hydrogen-bond donors (Lipinski definition) is 0. The van der Waals surface area contributed by atoms with Gasteiger partial charge in [0.1, 0.15) is 6.61 Å². The van der Waals surface area contributed by atoms with Gasteiger partial charge in [-0.05, 0) is 50.5 Å². The van der Waals surface area contributed by atoms with Crippen molar-refractivity contribution in [2.75, 3.05) is 20.2 Å². The molecule has 0 unspecified atom stereocenters. The first-order valence-electron chi connectivity index (χ1n) is 11.0. The highest BCUT2D eigenvalue weighted by Gasteiger charge is 2.29. The number of amides is 1. The standard InChI is InChI=1S/C26H28N2O4S/c1-17-4-6-22(18(2)12-17)25(29)19-8-10-28(11-9-19)26(30)20-5-7-23(24(13-20)31-3)32-14-21-15-33-16-27-21/h4-7,12-13,15-16,19H,8-11,14H2,1-3H3. The first-order valence-corrected chi connectivity index (χ1v) is 12.0. The van der Waals surface area contributed by atoms with Gasteiger partial charge in [-0.15, -0.1) is 11.3 Å². The third kappa shape index (κ3) is 5.25. The Hall–Kier alpha value is -3.19. The van der Waals surface area contributed by atoms with E-state index in [0.717, 1.165) is 22.4 Å². The van der Waals surface area contributed by atoms with Gasteiger partial charge in [-0.3, -0.25) is 9.59 Å². The molecule has 2 heterocycles. The van der Waals surface area contributed by atoms with Crippen LogP contribution in [-0.4, -0.2) is 41.8 Å². The fourth-order valence-electron chi connectivity index (χ4n) is 4.22. The van der Waals surface area contributed by atoms with Gasteiger partial charge in [0.25, 0.3) is 5.91 Å². The Balaban J connectivity index is 1.38. The summed E-state index contributed by atoms with van der Waals surface area (Å²) in [6.45, 7) is 5.47. The van der Waals surface area contributed by atoms with E-state index in [1.807, 2.05) is 42.3 Å². The quantitative estimate of drug-likeness (QED) is 0.456. The highest BCUT2D eigenvalue weighted by molar-refractivity contribution is 7.07. The fraction of sp³-hybridized carbons (Fsp3) is 0.346. The number of rotatable bonds is 7. The maximum absolute atomic E-state index is 13.1. The van der Waals surface area contributed by atoms with Crippen LogP contribution in [0, 0.1) is 19.8 Å². The molecular formula is C26H28N2O4S. The number of aryl methyl sites for hydroxylation is 2. The van der Waals surface area contributed by atoms with Crippen molar-refractivity contribution in [3.8, 4) is 11.5 Å². The van der Waals surface area contributed by atoms with Crippen LogP contribution in [0.1, 0.15) is 50.4 Å². The molecule has 2 aromatic carbocycles. The summed E-state index contributed by atoms with van der Waals surface area (Å²) >= 11 is 1.51. The van der Waals surface area contributed by atoms with E-state index in [4.69, 9.17) is 9.47 Å². The van der Waals surface area contributed by atoms with Crippen LogP contribution >= 0.6 is 11.3 Å². The molecule has 172 valence electrons. The van der Waals surface area contributed by atoms with Gasteiger partial charge >= 0.3 is 0 Å². The number of likely N-dealkylation sites (tertiary alicyclic amines) is 1. The molecule has 1 aliphatic heterocycles. The van der Waals surface area contributed by atoms with E-state index >= 15 is 0 Å². The minimum absolute atomic E-state index is 0.0496. The Kier molecular flexibility index (Phi) is 7.08. The van der Waals surface area contributed by atoms with E-state index in [1.54, 1.807) is 30.8 Å². The lowest BCUT2D eigenvalue weighted by molar-refractivity contribution is 0.0650. The molecule has 0 atom stereocenters. The molecule has 7 heteroatoms. The molecule has 1 amide bonds. The van der Waals surface area contributed by atoms with Crippen LogP contribution in [-0.2, 0) is 6.61 Å². The molecule has 0 radical (unpaired) electrons. The lowest BCUT2D eigenvalue weighted by Crippen LogP contribution is -2.40. The minimum Gasteiger partial charge on any atom is -0.493 e. The second-order valence-corrected chi connectivity index (χ2v) is 9.10. The van der Waals surface area contributed by atoms with Crippen LogP contribution in [0.25, 0.3) is 0 Å². The highest BCUT2D eigenvalue weighted by Crippen LogP contribution is 2.30. The van der Waals surface area contributed by atoms with Crippen molar-refractivity contribution >= 4 is 23.0 Å². The number of benzene rings is 2. The number of ether oxygens (including phenoxy) is 2. The van der Waals surface area contributed by atoms with Crippen LogP contribution in [0.2, 0.25) is 0 Å². The number of methoxy groups -OCH3 is 1. The lowest BCUT2D eigenvalue weighted by Gasteiger charge is -2.31. The van der Waals surface area contributed by atoms with Gasteiger partial charge in [0.15, 0.2) is 17.3 Å².